The molecule has 0 radical (unpaired) electrons. The maximum Gasteiger partial charge on any atom is 0.331 e. The van der Waals surface area contributed by atoms with Crippen LogP contribution in [0.1, 0.15) is 52.5 Å². The number of pyridine rings is 1. The van der Waals surface area contributed by atoms with Crippen molar-refractivity contribution >= 4 is 11.7 Å². The van der Waals surface area contributed by atoms with Crippen LogP contribution in [0.5, 0.6) is 0 Å². The zero-order chi connectivity index (χ0) is 24.3. The monoisotopic (exact) mass is 478 g/mol. The standard InChI is InChI=1S/C25H21F3N6O/c1-14-9-18(26)17(10-21(14)33-12-20(30-13-33)15-5-6-15)24(35)32-22-4-2-3-19(31-22)23-29-11-16-7-8-25(27,28)34(16)23/h2-4,9-13,15H,5-8H2,1H3,(H,31,32,35). The number of rotatable bonds is 5. The van der Waals surface area contributed by atoms with Gasteiger partial charge >= 0.3 is 6.05 Å². The van der Waals surface area contributed by atoms with Crippen molar-refractivity contribution in [2.24, 2.45) is 0 Å². The molecule has 4 aromatic rings. The van der Waals surface area contributed by atoms with Crippen molar-refractivity contribution in [3.63, 3.8) is 0 Å². The van der Waals surface area contributed by atoms with E-state index in [1.165, 1.54) is 24.4 Å². The first-order valence-corrected chi connectivity index (χ1v) is 11.4. The summed E-state index contributed by atoms with van der Waals surface area (Å²) >= 11 is 0. The Morgan fingerprint density at radius 2 is 2.03 bits per heavy atom. The molecule has 4 heterocycles. The van der Waals surface area contributed by atoms with Gasteiger partial charge in [-0.15, -0.1) is 0 Å². The predicted molar refractivity (Wildman–Crippen MR) is 122 cm³/mol. The van der Waals surface area contributed by atoms with E-state index in [4.69, 9.17) is 0 Å². The number of alkyl halides is 2. The molecule has 1 amide bonds. The number of anilines is 1. The summed E-state index contributed by atoms with van der Waals surface area (Å²) in [5.41, 5.74) is 2.75. The second-order valence-corrected chi connectivity index (χ2v) is 9.04. The molecule has 0 saturated heterocycles. The van der Waals surface area contributed by atoms with Crippen LogP contribution in [0.25, 0.3) is 17.2 Å². The summed E-state index contributed by atoms with van der Waals surface area (Å²) in [6.45, 7) is 1.76. The SMILES string of the molecule is Cc1cc(F)c(C(=O)Nc2cccc(-c3ncc4n3C(F)(F)CC4)n2)cc1-n1cnc(C2CC2)c1. The van der Waals surface area contributed by atoms with Gasteiger partial charge in [-0.05, 0) is 56.0 Å². The van der Waals surface area contributed by atoms with Gasteiger partial charge in [0.25, 0.3) is 5.91 Å². The Hall–Kier alpha value is -3.95. The van der Waals surface area contributed by atoms with Crippen molar-refractivity contribution in [2.45, 2.75) is 44.6 Å². The third-order valence-electron chi connectivity index (χ3n) is 6.47. The minimum absolute atomic E-state index is 0.0222. The van der Waals surface area contributed by atoms with Crippen molar-refractivity contribution < 1.29 is 18.0 Å². The second-order valence-electron chi connectivity index (χ2n) is 9.04. The number of imidazole rings is 2. The third kappa shape index (κ3) is 3.78. The number of hydrogen-bond donors (Lipinski definition) is 1. The third-order valence-corrected chi connectivity index (χ3v) is 6.47. The van der Waals surface area contributed by atoms with Crippen LogP contribution in [0.2, 0.25) is 0 Å². The van der Waals surface area contributed by atoms with E-state index in [1.807, 2.05) is 6.20 Å². The molecule has 1 aliphatic heterocycles. The summed E-state index contributed by atoms with van der Waals surface area (Å²) in [7, 11) is 0. The zero-order valence-electron chi connectivity index (χ0n) is 18.8. The quantitative estimate of drug-likeness (QED) is 0.428. The number of fused-ring (bicyclic) bond motifs is 1. The fraction of sp³-hybridized carbons (Fsp3) is 0.280. The van der Waals surface area contributed by atoms with Crippen LogP contribution in [0.3, 0.4) is 0 Å². The number of hydrogen-bond acceptors (Lipinski definition) is 4. The molecule has 6 rings (SSSR count). The van der Waals surface area contributed by atoms with E-state index < -0.39 is 17.8 Å². The normalized spacial score (nSPS) is 16.3. The van der Waals surface area contributed by atoms with E-state index in [1.54, 1.807) is 30.0 Å². The Morgan fingerprint density at radius 1 is 1.20 bits per heavy atom. The smallest absolute Gasteiger partial charge is 0.306 e. The molecule has 1 aromatic carbocycles. The summed E-state index contributed by atoms with van der Waals surface area (Å²) in [5.74, 6) is -0.780. The summed E-state index contributed by atoms with van der Waals surface area (Å²) in [5, 5.41) is 2.58. The number of aryl methyl sites for hydroxylation is 2. The first-order chi connectivity index (χ1) is 16.8. The maximum absolute atomic E-state index is 14.8. The predicted octanol–water partition coefficient (Wildman–Crippen LogP) is 5.20. The Balaban J connectivity index is 1.29. The van der Waals surface area contributed by atoms with Gasteiger partial charge in [0.1, 0.15) is 17.3 Å². The Kier molecular flexibility index (Phi) is 4.80. The van der Waals surface area contributed by atoms with E-state index in [2.05, 4.69) is 20.3 Å². The molecule has 7 nitrogen and oxygen atoms in total. The van der Waals surface area contributed by atoms with Crippen molar-refractivity contribution in [2.75, 3.05) is 5.32 Å². The van der Waals surface area contributed by atoms with E-state index in [0.717, 1.165) is 23.1 Å². The van der Waals surface area contributed by atoms with Crippen molar-refractivity contribution in [3.8, 4) is 17.2 Å². The van der Waals surface area contributed by atoms with Gasteiger partial charge in [-0.3, -0.25) is 9.36 Å². The summed E-state index contributed by atoms with van der Waals surface area (Å²) in [6.07, 6.45) is 7.14. The minimum atomic E-state index is -3.05. The van der Waals surface area contributed by atoms with E-state index in [-0.39, 0.29) is 35.7 Å². The van der Waals surface area contributed by atoms with Crippen molar-refractivity contribution in [1.82, 2.24) is 24.1 Å². The van der Waals surface area contributed by atoms with Crippen molar-refractivity contribution in [3.05, 3.63) is 77.4 Å². The first-order valence-electron chi connectivity index (χ1n) is 11.4. The molecule has 178 valence electrons. The highest BCUT2D eigenvalue weighted by atomic mass is 19.3. The molecule has 2 aliphatic rings. The zero-order valence-corrected chi connectivity index (χ0v) is 18.8. The Morgan fingerprint density at radius 3 is 2.83 bits per heavy atom. The van der Waals surface area contributed by atoms with Gasteiger partial charge in [0.15, 0.2) is 5.82 Å². The number of carbonyl (C=O) groups excluding carboxylic acids is 1. The topological polar surface area (TPSA) is 77.6 Å². The summed E-state index contributed by atoms with van der Waals surface area (Å²) in [6, 6.07) is 4.37. The molecule has 10 heteroatoms. The number of nitrogens with one attached hydrogen (secondary N) is 1. The lowest BCUT2D eigenvalue weighted by Gasteiger charge is -2.15. The van der Waals surface area contributed by atoms with Gasteiger partial charge in [0.2, 0.25) is 0 Å². The number of nitrogens with zero attached hydrogens (tertiary/aromatic N) is 5. The highest BCUT2D eigenvalue weighted by Gasteiger charge is 2.41. The molecule has 1 saturated carbocycles. The number of halogens is 3. The number of carbonyl (C=O) groups is 1. The van der Waals surface area contributed by atoms with Crippen molar-refractivity contribution in [1.29, 1.82) is 0 Å². The average Bonchev–Trinajstić information content (AvgIpc) is 3.25. The molecular weight excluding hydrogens is 457 g/mol. The van der Waals surface area contributed by atoms with Gasteiger partial charge < -0.3 is 9.88 Å². The molecule has 1 N–H and O–H groups in total. The molecule has 0 unspecified atom stereocenters. The van der Waals surface area contributed by atoms with Gasteiger partial charge in [0, 0.05) is 30.4 Å². The van der Waals surface area contributed by atoms with Crippen LogP contribution >= 0.6 is 0 Å². The van der Waals surface area contributed by atoms with Crippen LogP contribution in [-0.2, 0) is 12.5 Å². The highest BCUT2D eigenvalue weighted by molar-refractivity contribution is 6.04. The van der Waals surface area contributed by atoms with Crippen LogP contribution in [0, 0.1) is 12.7 Å². The molecule has 0 atom stereocenters. The van der Waals surface area contributed by atoms with Crippen LogP contribution in [0.15, 0.2) is 49.1 Å². The summed E-state index contributed by atoms with van der Waals surface area (Å²) in [4.78, 5) is 25.8. The average molecular weight is 478 g/mol. The van der Waals surface area contributed by atoms with Gasteiger partial charge in [-0.1, -0.05) is 6.07 Å². The minimum Gasteiger partial charge on any atom is -0.306 e. The van der Waals surface area contributed by atoms with Gasteiger partial charge in [-0.25, -0.2) is 19.3 Å². The van der Waals surface area contributed by atoms with Gasteiger partial charge in [0.05, 0.1) is 23.3 Å². The Bertz CT molecular complexity index is 1470. The van der Waals surface area contributed by atoms with Crippen LogP contribution in [0.4, 0.5) is 19.0 Å². The molecule has 3 aromatic heterocycles. The molecule has 35 heavy (non-hydrogen) atoms. The molecule has 0 bridgehead atoms. The van der Waals surface area contributed by atoms with E-state index in [9.17, 15) is 18.0 Å². The Labute approximate surface area is 198 Å². The number of benzene rings is 1. The molecule has 1 fully saturated rings. The first kappa shape index (κ1) is 21.6. The highest BCUT2D eigenvalue weighted by Crippen LogP contribution is 2.40. The lowest BCUT2D eigenvalue weighted by Crippen LogP contribution is -2.19. The number of amides is 1. The molecule has 0 spiro atoms. The fourth-order valence-electron chi connectivity index (χ4n) is 4.49. The second kappa shape index (κ2) is 7.79. The molecular formula is C25H21F3N6O. The van der Waals surface area contributed by atoms with Crippen LogP contribution < -0.4 is 5.32 Å². The fourth-order valence-corrected chi connectivity index (χ4v) is 4.49. The largest absolute Gasteiger partial charge is 0.331 e. The lowest BCUT2D eigenvalue weighted by atomic mass is 10.1. The maximum atomic E-state index is 14.8. The molecule has 1 aliphatic carbocycles. The van der Waals surface area contributed by atoms with E-state index >= 15 is 0 Å². The summed E-state index contributed by atoms with van der Waals surface area (Å²) < 4.78 is 46.1. The van der Waals surface area contributed by atoms with Crippen LogP contribution in [-0.4, -0.2) is 30.0 Å². The van der Waals surface area contributed by atoms with E-state index in [0.29, 0.717) is 22.9 Å². The van der Waals surface area contributed by atoms with Gasteiger partial charge in [-0.2, -0.15) is 8.78 Å². The lowest BCUT2D eigenvalue weighted by molar-refractivity contribution is -0.0714. The number of aromatic nitrogens is 5.